The average molecular weight is 502 g/mol. The van der Waals surface area contributed by atoms with Gasteiger partial charge < -0.3 is 9.88 Å². The summed E-state index contributed by atoms with van der Waals surface area (Å²) in [6, 6.07) is 7.69. The molecule has 12 heteroatoms. The molecule has 1 saturated carbocycles. The number of hydrogen-bond acceptors (Lipinski definition) is 6. The van der Waals surface area contributed by atoms with Gasteiger partial charge in [-0.3, -0.25) is 4.79 Å². The van der Waals surface area contributed by atoms with Crippen LogP contribution in [0.25, 0.3) is 11.5 Å². The first-order valence-electron chi connectivity index (χ1n) is 11.2. The number of halogens is 1. The number of carbonyl (C=O) groups is 1. The Morgan fingerprint density at radius 1 is 1.26 bits per heavy atom. The number of carbonyl (C=O) groups excluding carboxylic acids is 1. The lowest BCUT2D eigenvalue weighted by atomic mass is 10.00. The lowest BCUT2D eigenvalue weighted by Gasteiger charge is -2.14. The standard InChI is InChI=1S/C23H28FN7O3S/c1-13(2)31-12-25-28-22(31)19-7-6-8-21(26-19)27-23(32)17-10-15(14(3)9-18(17)24)16-11-20(16)29-35(33,34)30(4)5/h6-10,12-13,16,20,29H,11H2,1-5H3,(H,26,27,32). The van der Waals surface area contributed by atoms with Crippen LogP contribution in [0.15, 0.2) is 36.7 Å². The summed E-state index contributed by atoms with van der Waals surface area (Å²) in [5.74, 6) is -0.647. The molecule has 0 bridgehead atoms. The predicted octanol–water partition coefficient (Wildman–Crippen LogP) is 2.87. The monoisotopic (exact) mass is 501 g/mol. The van der Waals surface area contributed by atoms with Crippen LogP contribution >= 0.6 is 0 Å². The second-order valence-corrected chi connectivity index (χ2v) is 11.0. The minimum atomic E-state index is -3.58. The Balaban J connectivity index is 1.55. The van der Waals surface area contributed by atoms with Gasteiger partial charge in [-0.25, -0.2) is 9.37 Å². The molecule has 2 unspecified atom stereocenters. The summed E-state index contributed by atoms with van der Waals surface area (Å²) in [6.45, 7) is 5.73. The first-order chi connectivity index (χ1) is 16.5. The van der Waals surface area contributed by atoms with Crippen LogP contribution in [0, 0.1) is 12.7 Å². The number of amides is 1. The number of benzene rings is 1. The van der Waals surface area contributed by atoms with E-state index in [1.807, 2.05) is 18.4 Å². The molecule has 1 aliphatic rings. The molecule has 4 rings (SSSR count). The van der Waals surface area contributed by atoms with Crippen LogP contribution in [0.4, 0.5) is 10.2 Å². The molecule has 1 fully saturated rings. The van der Waals surface area contributed by atoms with Crippen molar-refractivity contribution in [3.63, 3.8) is 0 Å². The fraction of sp³-hybridized carbons (Fsp3) is 0.391. The quantitative estimate of drug-likeness (QED) is 0.489. The first-order valence-corrected chi connectivity index (χ1v) is 12.6. The highest BCUT2D eigenvalue weighted by Crippen LogP contribution is 2.43. The topological polar surface area (TPSA) is 122 Å². The van der Waals surface area contributed by atoms with E-state index >= 15 is 0 Å². The third-order valence-electron chi connectivity index (χ3n) is 5.92. The van der Waals surface area contributed by atoms with Crippen molar-refractivity contribution in [2.45, 2.75) is 45.2 Å². The number of aromatic nitrogens is 4. The van der Waals surface area contributed by atoms with Crippen molar-refractivity contribution in [3.8, 4) is 11.5 Å². The number of aryl methyl sites for hydroxylation is 1. The molecule has 10 nitrogen and oxygen atoms in total. The van der Waals surface area contributed by atoms with Crippen molar-refractivity contribution < 1.29 is 17.6 Å². The highest BCUT2D eigenvalue weighted by molar-refractivity contribution is 7.87. The Hall–Kier alpha value is -3.22. The fourth-order valence-corrected chi connectivity index (χ4v) is 4.70. The molecule has 1 amide bonds. The molecular formula is C23H28FN7O3S. The van der Waals surface area contributed by atoms with Crippen molar-refractivity contribution in [1.82, 2.24) is 28.8 Å². The fourth-order valence-electron chi connectivity index (χ4n) is 3.84. The molecular weight excluding hydrogens is 473 g/mol. The molecule has 0 radical (unpaired) electrons. The molecule has 35 heavy (non-hydrogen) atoms. The van der Waals surface area contributed by atoms with Gasteiger partial charge in [0.2, 0.25) is 0 Å². The SMILES string of the molecule is Cc1cc(F)c(C(=O)Nc2cccc(-c3nncn3C(C)C)n2)cc1C1CC1NS(=O)(=O)N(C)C. The van der Waals surface area contributed by atoms with E-state index in [1.54, 1.807) is 31.5 Å². The average Bonchev–Trinajstić information content (AvgIpc) is 3.32. The van der Waals surface area contributed by atoms with Crippen molar-refractivity contribution in [2.24, 2.45) is 0 Å². The minimum Gasteiger partial charge on any atom is -0.310 e. The second kappa shape index (κ2) is 9.44. The number of anilines is 1. The number of pyridine rings is 1. The van der Waals surface area contributed by atoms with Crippen LogP contribution in [0.5, 0.6) is 0 Å². The summed E-state index contributed by atoms with van der Waals surface area (Å²) in [5.41, 5.74) is 1.77. The van der Waals surface area contributed by atoms with Gasteiger partial charge in [0.15, 0.2) is 5.82 Å². The molecule has 1 aliphatic carbocycles. The van der Waals surface area contributed by atoms with Gasteiger partial charge in [0.1, 0.15) is 23.7 Å². The third-order valence-corrected chi connectivity index (χ3v) is 7.48. The van der Waals surface area contributed by atoms with Crippen molar-refractivity contribution >= 4 is 21.9 Å². The molecule has 0 spiro atoms. The van der Waals surface area contributed by atoms with E-state index < -0.39 is 21.9 Å². The third kappa shape index (κ3) is 5.24. The van der Waals surface area contributed by atoms with Crippen molar-refractivity contribution in [3.05, 3.63) is 59.2 Å². The molecule has 2 N–H and O–H groups in total. The number of rotatable bonds is 8. The van der Waals surface area contributed by atoms with Crippen LogP contribution in [0.3, 0.4) is 0 Å². The Bertz CT molecular complexity index is 1370. The van der Waals surface area contributed by atoms with Crippen LogP contribution in [0.1, 0.15) is 53.7 Å². The van der Waals surface area contributed by atoms with E-state index in [9.17, 15) is 17.6 Å². The maximum Gasteiger partial charge on any atom is 0.279 e. The molecule has 0 aliphatic heterocycles. The van der Waals surface area contributed by atoms with E-state index in [2.05, 4.69) is 25.2 Å². The molecule has 2 heterocycles. The predicted molar refractivity (Wildman–Crippen MR) is 130 cm³/mol. The molecule has 2 aromatic heterocycles. The Morgan fingerprint density at radius 3 is 2.69 bits per heavy atom. The maximum atomic E-state index is 14.8. The zero-order valence-corrected chi connectivity index (χ0v) is 21.0. The molecule has 186 valence electrons. The van der Waals surface area contributed by atoms with Crippen LogP contribution < -0.4 is 10.0 Å². The van der Waals surface area contributed by atoms with Crippen LogP contribution in [-0.4, -0.2) is 58.5 Å². The minimum absolute atomic E-state index is 0.119. The number of hydrogen-bond donors (Lipinski definition) is 2. The Kier molecular flexibility index (Phi) is 6.71. The van der Waals surface area contributed by atoms with Gasteiger partial charge in [0.25, 0.3) is 16.1 Å². The van der Waals surface area contributed by atoms with Crippen molar-refractivity contribution in [2.75, 3.05) is 19.4 Å². The second-order valence-electron chi connectivity index (χ2n) is 9.06. The number of nitrogens with one attached hydrogen (secondary N) is 2. The summed E-state index contributed by atoms with van der Waals surface area (Å²) in [7, 11) is -0.694. The zero-order valence-electron chi connectivity index (χ0n) is 20.2. The van der Waals surface area contributed by atoms with E-state index in [0.717, 1.165) is 9.87 Å². The van der Waals surface area contributed by atoms with E-state index in [-0.39, 0.29) is 29.4 Å². The highest BCUT2D eigenvalue weighted by Gasteiger charge is 2.42. The van der Waals surface area contributed by atoms with Gasteiger partial charge in [-0.15, -0.1) is 10.2 Å². The normalized spacial score (nSPS) is 17.7. The van der Waals surface area contributed by atoms with Crippen molar-refractivity contribution in [1.29, 1.82) is 0 Å². The van der Waals surface area contributed by atoms with Crippen LogP contribution in [-0.2, 0) is 10.2 Å². The van der Waals surface area contributed by atoms with Gasteiger partial charge in [0, 0.05) is 32.1 Å². The molecule has 0 saturated heterocycles. The smallest absolute Gasteiger partial charge is 0.279 e. The summed E-state index contributed by atoms with van der Waals surface area (Å²) in [6.07, 6.45) is 2.18. The lowest BCUT2D eigenvalue weighted by Crippen LogP contribution is -2.37. The Labute approximate surface area is 203 Å². The first kappa shape index (κ1) is 24.9. The maximum absolute atomic E-state index is 14.8. The largest absolute Gasteiger partial charge is 0.310 e. The lowest BCUT2D eigenvalue weighted by molar-refractivity contribution is 0.102. The number of nitrogens with zero attached hydrogens (tertiary/aromatic N) is 5. The Morgan fingerprint density at radius 2 is 2.00 bits per heavy atom. The van der Waals surface area contributed by atoms with E-state index in [0.29, 0.717) is 23.5 Å². The van der Waals surface area contributed by atoms with E-state index in [4.69, 9.17) is 0 Å². The molecule has 2 atom stereocenters. The summed E-state index contributed by atoms with van der Waals surface area (Å²) >= 11 is 0. The van der Waals surface area contributed by atoms with Gasteiger partial charge in [-0.2, -0.15) is 17.4 Å². The highest BCUT2D eigenvalue weighted by atomic mass is 32.2. The summed E-state index contributed by atoms with van der Waals surface area (Å²) < 4.78 is 44.6. The van der Waals surface area contributed by atoms with Gasteiger partial charge >= 0.3 is 0 Å². The molecule has 1 aromatic carbocycles. The van der Waals surface area contributed by atoms with Crippen LogP contribution in [0.2, 0.25) is 0 Å². The summed E-state index contributed by atoms with van der Waals surface area (Å²) in [5, 5.41) is 10.7. The summed E-state index contributed by atoms with van der Waals surface area (Å²) in [4.78, 5) is 17.4. The van der Waals surface area contributed by atoms with E-state index in [1.165, 1.54) is 26.2 Å². The van der Waals surface area contributed by atoms with Gasteiger partial charge in [-0.05, 0) is 62.6 Å². The van der Waals surface area contributed by atoms with Gasteiger partial charge in [-0.1, -0.05) is 6.07 Å². The molecule has 3 aromatic rings. The zero-order chi connectivity index (χ0) is 25.5. The van der Waals surface area contributed by atoms with Gasteiger partial charge in [0.05, 0.1) is 5.56 Å².